The first-order valence-corrected chi connectivity index (χ1v) is 6.88. The molecule has 3 rings (SSSR count). The molecule has 0 atom stereocenters. The van der Waals surface area contributed by atoms with Gasteiger partial charge in [-0.15, -0.1) is 0 Å². The maximum atomic E-state index is 12.3. The average molecular weight is 275 g/mol. The Bertz CT molecular complexity index is 517. The van der Waals surface area contributed by atoms with Gasteiger partial charge in [0, 0.05) is 38.4 Å². The van der Waals surface area contributed by atoms with Gasteiger partial charge in [-0.2, -0.15) is 0 Å². The van der Waals surface area contributed by atoms with Crippen molar-refractivity contribution >= 4 is 11.9 Å². The summed E-state index contributed by atoms with van der Waals surface area (Å²) in [4.78, 5) is 31.1. The van der Waals surface area contributed by atoms with Crippen molar-refractivity contribution in [2.24, 2.45) is 0 Å². The number of pyridine rings is 1. The lowest BCUT2D eigenvalue weighted by molar-refractivity contribution is 0.0624. The zero-order valence-electron chi connectivity index (χ0n) is 11.2. The van der Waals surface area contributed by atoms with Gasteiger partial charge < -0.3 is 10.0 Å². The summed E-state index contributed by atoms with van der Waals surface area (Å²) in [6, 6.07) is 3.64. The molecule has 1 amide bonds. The standard InChI is InChI=1S/C14H17N3O3/c18-13(10-1-4-12(14(19)20)15-9-10)17-7-5-16(6-8-17)11-2-3-11/h1,4,9,11H,2-3,5-8H2,(H,19,20). The predicted molar refractivity (Wildman–Crippen MR) is 71.7 cm³/mol. The molecular formula is C14H17N3O3. The van der Waals surface area contributed by atoms with E-state index in [2.05, 4.69) is 9.88 Å². The summed E-state index contributed by atoms with van der Waals surface area (Å²) in [5.41, 5.74) is 0.412. The highest BCUT2D eigenvalue weighted by molar-refractivity contribution is 5.95. The van der Waals surface area contributed by atoms with Gasteiger partial charge in [0.15, 0.2) is 0 Å². The van der Waals surface area contributed by atoms with Crippen LogP contribution in [0.4, 0.5) is 0 Å². The predicted octanol–water partition coefficient (Wildman–Crippen LogP) is 0.700. The van der Waals surface area contributed by atoms with E-state index in [9.17, 15) is 9.59 Å². The maximum Gasteiger partial charge on any atom is 0.354 e. The molecule has 1 aliphatic heterocycles. The minimum atomic E-state index is -1.08. The van der Waals surface area contributed by atoms with Gasteiger partial charge in [-0.05, 0) is 25.0 Å². The number of aromatic carboxylic acids is 1. The molecule has 1 saturated carbocycles. The SMILES string of the molecule is O=C(O)c1ccc(C(=O)N2CCN(C3CC3)CC2)cn1. The molecule has 0 spiro atoms. The number of hydrogen-bond donors (Lipinski definition) is 1. The molecule has 6 nitrogen and oxygen atoms in total. The fourth-order valence-electron chi connectivity index (χ4n) is 2.56. The van der Waals surface area contributed by atoms with E-state index < -0.39 is 5.97 Å². The van der Waals surface area contributed by atoms with Crippen LogP contribution in [0, 0.1) is 0 Å². The molecule has 0 bridgehead atoms. The summed E-state index contributed by atoms with van der Waals surface area (Å²) in [6.45, 7) is 3.32. The largest absolute Gasteiger partial charge is 0.477 e. The molecule has 0 aromatic carbocycles. The van der Waals surface area contributed by atoms with Crippen LogP contribution >= 0.6 is 0 Å². The first kappa shape index (κ1) is 13.1. The molecule has 0 unspecified atom stereocenters. The summed E-state index contributed by atoms with van der Waals surface area (Å²) >= 11 is 0. The van der Waals surface area contributed by atoms with Crippen molar-refractivity contribution in [1.82, 2.24) is 14.8 Å². The average Bonchev–Trinajstić information content (AvgIpc) is 3.31. The molecule has 2 heterocycles. The number of carbonyl (C=O) groups excluding carboxylic acids is 1. The fraction of sp³-hybridized carbons (Fsp3) is 0.500. The molecule has 6 heteroatoms. The van der Waals surface area contributed by atoms with Gasteiger partial charge >= 0.3 is 5.97 Å². The van der Waals surface area contributed by atoms with E-state index in [-0.39, 0.29) is 11.6 Å². The van der Waals surface area contributed by atoms with Crippen LogP contribution in [-0.2, 0) is 0 Å². The highest BCUT2D eigenvalue weighted by Gasteiger charge is 2.32. The lowest BCUT2D eigenvalue weighted by atomic mass is 10.2. The Hall–Kier alpha value is -1.95. The van der Waals surface area contributed by atoms with E-state index in [1.54, 1.807) is 0 Å². The highest BCUT2D eigenvalue weighted by Crippen LogP contribution is 2.27. The van der Waals surface area contributed by atoms with Gasteiger partial charge in [0.1, 0.15) is 5.69 Å². The second-order valence-electron chi connectivity index (χ2n) is 5.30. The number of carbonyl (C=O) groups is 2. The number of amides is 1. The topological polar surface area (TPSA) is 73.7 Å². The summed E-state index contributed by atoms with van der Waals surface area (Å²) in [5.74, 6) is -1.15. The molecule has 20 heavy (non-hydrogen) atoms. The van der Waals surface area contributed by atoms with Crippen LogP contribution in [0.2, 0.25) is 0 Å². The van der Waals surface area contributed by atoms with E-state index in [0.717, 1.165) is 32.2 Å². The third-order valence-corrected chi connectivity index (χ3v) is 3.89. The van der Waals surface area contributed by atoms with Crippen molar-refractivity contribution in [3.8, 4) is 0 Å². The van der Waals surface area contributed by atoms with Crippen molar-refractivity contribution in [2.75, 3.05) is 26.2 Å². The number of aromatic nitrogens is 1. The third-order valence-electron chi connectivity index (χ3n) is 3.89. The smallest absolute Gasteiger partial charge is 0.354 e. The second kappa shape index (κ2) is 5.20. The van der Waals surface area contributed by atoms with Crippen molar-refractivity contribution in [3.63, 3.8) is 0 Å². The quantitative estimate of drug-likeness (QED) is 0.879. The van der Waals surface area contributed by atoms with E-state index in [1.807, 2.05) is 4.90 Å². The number of hydrogen-bond acceptors (Lipinski definition) is 4. The van der Waals surface area contributed by atoms with Crippen LogP contribution in [0.3, 0.4) is 0 Å². The Morgan fingerprint density at radius 1 is 1.15 bits per heavy atom. The third kappa shape index (κ3) is 2.65. The molecule has 1 saturated heterocycles. The molecule has 1 aromatic heterocycles. The Labute approximate surface area is 117 Å². The minimum Gasteiger partial charge on any atom is -0.477 e. The molecule has 2 aliphatic rings. The highest BCUT2D eigenvalue weighted by atomic mass is 16.4. The van der Waals surface area contributed by atoms with E-state index in [0.29, 0.717) is 5.56 Å². The molecule has 106 valence electrons. The Morgan fingerprint density at radius 2 is 1.85 bits per heavy atom. The Kier molecular flexibility index (Phi) is 3.40. The zero-order chi connectivity index (χ0) is 14.1. The van der Waals surface area contributed by atoms with Gasteiger partial charge in [-0.1, -0.05) is 0 Å². The molecule has 0 radical (unpaired) electrons. The first-order chi connectivity index (χ1) is 9.65. The number of rotatable bonds is 3. The lowest BCUT2D eigenvalue weighted by Crippen LogP contribution is -2.49. The molecule has 1 aliphatic carbocycles. The first-order valence-electron chi connectivity index (χ1n) is 6.88. The summed E-state index contributed by atoms with van der Waals surface area (Å²) in [7, 11) is 0. The normalized spacial score (nSPS) is 19.9. The molecule has 2 fully saturated rings. The number of carboxylic acid groups (broad SMARTS) is 1. The van der Waals surface area contributed by atoms with E-state index >= 15 is 0 Å². The second-order valence-corrected chi connectivity index (χ2v) is 5.30. The minimum absolute atomic E-state index is 0.0416. The number of nitrogens with zero attached hydrogens (tertiary/aromatic N) is 3. The zero-order valence-corrected chi connectivity index (χ0v) is 11.2. The van der Waals surface area contributed by atoms with Gasteiger partial charge in [0.05, 0.1) is 5.56 Å². The van der Waals surface area contributed by atoms with Crippen molar-refractivity contribution in [2.45, 2.75) is 18.9 Å². The summed E-state index contributed by atoms with van der Waals surface area (Å²) < 4.78 is 0. The van der Waals surface area contributed by atoms with Gasteiger partial charge in [-0.3, -0.25) is 9.69 Å². The van der Waals surface area contributed by atoms with E-state index in [1.165, 1.54) is 31.2 Å². The summed E-state index contributed by atoms with van der Waals surface area (Å²) in [5, 5.41) is 8.79. The van der Waals surface area contributed by atoms with Crippen molar-refractivity contribution < 1.29 is 14.7 Å². The molecule has 1 N–H and O–H groups in total. The van der Waals surface area contributed by atoms with Crippen LogP contribution in [0.25, 0.3) is 0 Å². The maximum absolute atomic E-state index is 12.3. The van der Waals surface area contributed by atoms with Crippen LogP contribution in [0.5, 0.6) is 0 Å². The lowest BCUT2D eigenvalue weighted by Gasteiger charge is -2.34. The number of carboxylic acids is 1. The monoisotopic (exact) mass is 275 g/mol. The van der Waals surface area contributed by atoms with Gasteiger partial charge in [-0.25, -0.2) is 9.78 Å². The number of piperazine rings is 1. The molecular weight excluding hydrogens is 258 g/mol. The van der Waals surface area contributed by atoms with Crippen LogP contribution in [0.1, 0.15) is 33.7 Å². The van der Waals surface area contributed by atoms with Crippen LogP contribution in [0.15, 0.2) is 18.3 Å². The Balaban J connectivity index is 1.62. The Morgan fingerprint density at radius 3 is 2.35 bits per heavy atom. The van der Waals surface area contributed by atoms with Crippen molar-refractivity contribution in [1.29, 1.82) is 0 Å². The van der Waals surface area contributed by atoms with E-state index in [4.69, 9.17) is 5.11 Å². The summed E-state index contributed by atoms with van der Waals surface area (Å²) in [6.07, 6.45) is 3.92. The van der Waals surface area contributed by atoms with Gasteiger partial charge in [0.25, 0.3) is 5.91 Å². The molecule has 1 aromatic rings. The van der Waals surface area contributed by atoms with Crippen LogP contribution in [-0.4, -0.2) is 64.0 Å². The fourth-order valence-corrected chi connectivity index (χ4v) is 2.56. The van der Waals surface area contributed by atoms with Gasteiger partial charge in [0.2, 0.25) is 0 Å². The van der Waals surface area contributed by atoms with Crippen molar-refractivity contribution in [3.05, 3.63) is 29.6 Å². The van der Waals surface area contributed by atoms with Crippen LogP contribution < -0.4 is 0 Å².